The monoisotopic (exact) mass is 338 g/mol. The number of benzene rings is 2. The maximum absolute atomic E-state index is 14.5. The van der Waals surface area contributed by atoms with E-state index in [4.69, 9.17) is 4.74 Å². The minimum atomic E-state index is -0.253. The van der Waals surface area contributed by atoms with Gasteiger partial charge in [0.2, 0.25) is 0 Å². The zero-order valence-electron chi connectivity index (χ0n) is 14.5. The second-order valence-corrected chi connectivity index (χ2v) is 6.64. The molecule has 130 valence electrons. The van der Waals surface area contributed by atoms with Crippen LogP contribution in [0.1, 0.15) is 12.8 Å². The van der Waals surface area contributed by atoms with Crippen molar-refractivity contribution in [3.63, 3.8) is 0 Å². The fourth-order valence-electron chi connectivity index (χ4n) is 3.75. The number of ether oxygens (including phenoxy) is 1. The Kier molecular flexibility index (Phi) is 4.45. The lowest BCUT2D eigenvalue weighted by molar-refractivity contribution is 0.324. The summed E-state index contributed by atoms with van der Waals surface area (Å²) in [4.78, 5) is 2.51. The van der Waals surface area contributed by atoms with Gasteiger partial charge in [0, 0.05) is 41.8 Å². The Morgan fingerprint density at radius 2 is 1.84 bits per heavy atom. The fourth-order valence-corrected chi connectivity index (χ4v) is 3.75. The number of rotatable bonds is 5. The quantitative estimate of drug-likeness (QED) is 0.679. The van der Waals surface area contributed by atoms with Crippen LogP contribution in [0.4, 0.5) is 4.39 Å². The van der Waals surface area contributed by atoms with Crippen molar-refractivity contribution in [3.8, 4) is 16.9 Å². The largest absolute Gasteiger partial charge is 0.497 e. The van der Waals surface area contributed by atoms with Crippen molar-refractivity contribution >= 4 is 10.9 Å². The highest BCUT2D eigenvalue weighted by atomic mass is 19.1. The van der Waals surface area contributed by atoms with E-state index in [9.17, 15) is 4.39 Å². The molecule has 0 bridgehead atoms. The molecule has 1 fully saturated rings. The van der Waals surface area contributed by atoms with Gasteiger partial charge in [-0.3, -0.25) is 0 Å². The van der Waals surface area contributed by atoms with Crippen LogP contribution in [-0.4, -0.2) is 36.2 Å². The maximum Gasteiger partial charge on any atom is 0.134 e. The molecule has 0 atom stereocenters. The van der Waals surface area contributed by atoms with Crippen LogP contribution in [0, 0.1) is 5.82 Å². The van der Waals surface area contributed by atoms with Gasteiger partial charge < -0.3 is 14.2 Å². The maximum atomic E-state index is 14.5. The first-order valence-corrected chi connectivity index (χ1v) is 8.90. The van der Waals surface area contributed by atoms with E-state index in [0.717, 1.165) is 29.6 Å². The Morgan fingerprint density at radius 3 is 2.60 bits per heavy atom. The van der Waals surface area contributed by atoms with Gasteiger partial charge in [-0.1, -0.05) is 12.1 Å². The normalized spacial score (nSPS) is 15.1. The summed E-state index contributed by atoms with van der Waals surface area (Å²) in [6.07, 6.45) is 4.74. The topological polar surface area (TPSA) is 17.4 Å². The number of halogens is 1. The molecule has 2 aromatic carbocycles. The molecule has 2 heterocycles. The van der Waals surface area contributed by atoms with Crippen LogP contribution < -0.4 is 4.74 Å². The summed E-state index contributed by atoms with van der Waals surface area (Å²) in [5.74, 6) is 0.285. The van der Waals surface area contributed by atoms with Crippen LogP contribution in [-0.2, 0) is 6.54 Å². The molecule has 25 heavy (non-hydrogen) atoms. The molecule has 1 aliphatic rings. The summed E-state index contributed by atoms with van der Waals surface area (Å²) in [7, 11) is 1.55. The molecule has 3 nitrogen and oxygen atoms in total. The predicted octanol–water partition coefficient (Wildman–Crippen LogP) is 4.55. The number of fused-ring (bicyclic) bond motifs is 1. The van der Waals surface area contributed by atoms with Crippen LogP contribution in [0.15, 0.2) is 48.7 Å². The lowest BCUT2D eigenvalue weighted by Gasteiger charge is -2.15. The number of hydrogen-bond acceptors (Lipinski definition) is 2. The minimum Gasteiger partial charge on any atom is -0.497 e. The molecular weight excluding hydrogens is 315 g/mol. The third-order valence-electron chi connectivity index (χ3n) is 5.14. The second-order valence-electron chi connectivity index (χ2n) is 6.64. The molecule has 0 aliphatic carbocycles. The van der Waals surface area contributed by atoms with Gasteiger partial charge in [-0.05, 0) is 55.8 Å². The smallest absolute Gasteiger partial charge is 0.134 e. The van der Waals surface area contributed by atoms with E-state index in [-0.39, 0.29) is 5.82 Å². The van der Waals surface area contributed by atoms with E-state index >= 15 is 0 Å². The van der Waals surface area contributed by atoms with E-state index in [2.05, 4.69) is 27.8 Å². The molecule has 0 saturated carbocycles. The zero-order chi connectivity index (χ0) is 17.2. The zero-order valence-corrected chi connectivity index (χ0v) is 14.5. The van der Waals surface area contributed by atoms with Crippen LogP contribution >= 0.6 is 0 Å². The first kappa shape index (κ1) is 16.2. The number of nitrogens with zero attached hydrogens (tertiary/aromatic N) is 2. The lowest BCUT2D eigenvalue weighted by atomic mass is 10.0. The first-order chi connectivity index (χ1) is 12.3. The van der Waals surface area contributed by atoms with Crippen LogP contribution in [0.25, 0.3) is 22.0 Å². The highest BCUT2D eigenvalue weighted by Gasteiger charge is 2.14. The summed E-state index contributed by atoms with van der Waals surface area (Å²) < 4.78 is 21.9. The standard InChI is InChI=1S/C21H23FN2O/c1-25-16-7-8-18(20(22)15-16)17-5-4-6-21-19(17)9-12-24(21)14-13-23-10-2-3-11-23/h4-9,12,15H,2-3,10-11,13-14H2,1H3. The van der Waals surface area contributed by atoms with E-state index < -0.39 is 0 Å². The van der Waals surface area contributed by atoms with Crippen LogP contribution in [0.2, 0.25) is 0 Å². The van der Waals surface area contributed by atoms with Crippen molar-refractivity contribution in [1.82, 2.24) is 9.47 Å². The summed E-state index contributed by atoms with van der Waals surface area (Å²) in [5.41, 5.74) is 2.70. The lowest BCUT2D eigenvalue weighted by Crippen LogP contribution is -2.23. The van der Waals surface area contributed by atoms with E-state index in [0.29, 0.717) is 11.3 Å². The number of aromatic nitrogens is 1. The summed E-state index contributed by atoms with van der Waals surface area (Å²) in [5, 5.41) is 1.09. The van der Waals surface area contributed by atoms with Crippen molar-refractivity contribution in [2.24, 2.45) is 0 Å². The molecular formula is C21H23FN2O. The number of hydrogen-bond donors (Lipinski definition) is 0. The molecule has 3 aromatic rings. The van der Waals surface area contributed by atoms with Crippen molar-refractivity contribution in [1.29, 1.82) is 0 Å². The molecule has 4 heteroatoms. The Hall–Kier alpha value is -2.33. The van der Waals surface area contributed by atoms with Gasteiger partial charge in [0.25, 0.3) is 0 Å². The predicted molar refractivity (Wildman–Crippen MR) is 99.6 cm³/mol. The SMILES string of the molecule is COc1ccc(-c2cccc3c2ccn3CCN2CCCC2)c(F)c1. The van der Waals surface area contributed by atoms with Gasteiger partial charge in [-0.15, -0.1) is 0 Å². The van der Waals surface area contributed by atoms with Gasteiger partial charge in [0.15, 0.2) is 0 Å². The third-order valence-corrected chi connectivity index (χ3v) is 5.14. The molecule has 0 unspecified atom stereocenters. The van der Waals surface area contributed by atoms with Crippen molar-refractivity contribution < 1.29 is 9.13 Å². The molecule has 1 aliphatic heterocycles. The van der Waals surface area contributed by atoms with Crippen molar-refractivity contribution in [2.45, 2.75) is 19.4 Å². The number of likely N-dealkylation sites (tertiary alicyclic amines) is 1. The molecule has 1 aromatic heterocycles. The Labute approximate surface area is 147 Å². The van der Waals surface area contributed by atoms with Gasteiger partial charge >= 0.3 is 0 Å². The second kappa shape index (κ2) is 6.89. The summed E-state index contributed by atoms with van der Waals surface area (Å²) in [6.45, 7) is 4.46. The molecule has 4 rings (SSSR count). The molecule has 1 saturated heterocycles. The van der Waals surface area contributed by atoms with E-state index in [1.165, 1.54) is 32.0 Å². The van der Waals surface area contributed by atoms with E-state index in [1.54, 1.807) is 13.2 Å². The highest BCUT2D eigenvalue weighted by Crippen LogP contribution is 2.32. The van der Waals surface area contributed by atoms with Gasteiger partial charge in [0.05, 0.1) is 7.11 Å². The molecule has 0 spiro atoms. The van der Waals surface area contributed by atoms with Gasteiger partial charge in [-0.25, -0.2) is 4.39 Å². The Balaban J connectivity index is 1.66. The molecule has 0 radical (unpaired) electrons. The summed E-state index contributed by atoms with van der Waals surface area (Å²) >= 11 is 0. The van der Waals surface area contributed by atoms with Gasteiger partial charge in [-0.2, -0.15) is 0 Å². The molecule has 0 N–H and O–H groups in total. The van der Waals surface area contributed by atoms with Crippen LogP contribution in [0.3, 0.4) is 0 Å². The van der Waals surface area contributed by atoms with Crippen LogP contribution in [0.5, 0.6) is 5.75 Å². The Bertz CT molecular complexity index is 881. The Morgan fingerprint density at radius 1 is 1.00 bits per heavy atom. The average Bonchev–Trinajstić information content (AvgIpc) is 3.29. The van der Waals surface area contributed by atoms with Crippen molar-refractivity contribution in [2.75, 3.05) is 26.7 Å². The van der Waals surface area contributed by atoms with Crippen molar-refractivity contribution in [3.05, 3.63) is 54.5 Å². The number of methoxy groups -OCH3 is 1. The third kappa shape index (κ3) is 3.14. The van der Waals surface area contributed by atoms with E-state index in [1.807, 2.05) is 18.2 Å². The first-order valence-electron chi connectivity index (χ1n) is 8.90. The minimum absolute atomic E-state index is 0.253. The highest BCUT2D eigenvalue weighted by molar-refractivity contribution is 5.95. The fraction of sp³-hybridized carbons (Fsp3) is 0.333. The summed E-state index contributed by atoms with van der Waals surface area (Å²) in [6, 6.07) is 13.2. The van der Waals surface area contributed by atoms with Gasteiger partial charge in [0.1, 0.15) is 11.6 Å². The molecule has 0 amide bonds. The average molecular weight is 338 g/mol.